The Morgan fingerprint density at radius 1 is 0.692 bits per heavy atom. The van der Waals surface area contributed by atoms with Crippen molar-refractivity contribution in [3.05, 3.63) is 57.6 Å². The van der Waals surface area contributed by atoms with E-state index >= 15 is 0 Å². The molecule has 0 atom stereocenters. The van der Waals surface area contributed by atoms with Gasteiger partial charge in [0, 0.05) is 18.4 Å². The monoisotopic (exact) mass is 351 g/mol. The van der Waals surface area contributed by atoms with Crippen LogP contribution in [0.5, 0.6) is 0 Å². The Morgan fingerprint density at radius 3 is 1.77 bits per heavy atom. The molecule has 0 aliphatic carbocycles. The Balaban J connectivity index is 2.71. The van der Waals surface area contributed by atoms with Gasteiger partial charge in [0.05, 0.1) is 0 Å². The van der Waals surface area contributed by atoms with Gasteiger partial charge in [-0.25, -0.2) is 0 Å². The molecule has 0 aliphatic heterocycles. The van der Waals surface area contributed by atoms with Gasteiger partial charge in [0.25, 0.3) is 0 Å². The topological polar surface area (TPSA) is 3.24 Å². The molecule has 2 aromatic rings. The second-order valence-electron chi connectivity index (χ2n) is 9.90. The van der Waals surface area contributed by atoms with Crippen LogP contribution in [-0.2, 0) is 10.8 Å². The molecule has 142 valence electrons. The minimum atomic E-state index is 0.0897. The fraction of sp³-hybridized carbons (Fsp3) is 0.520. The molecule has 0 amide bonds. The van der Waals surface area contributed by atoms with Crippen molar-refractivity contribution in [2.24, 2.45) is 0 Å². The summed E-state index contributed by atoms with van der Waals surface area (Å²) in [6.45, 7) is 22.7. The van der Waals surface area contributed by atoms with Crippen LogP contribution in [0.2, 0.25) is 0 Å². The minimum absolute atomic E-state index is 0.0897. The van der Waals surface area contributed by atoms with Crippen molar-refractivity contribution in [1.29, 1.82) is 0 Å². The molecule has 0 fully saturated rings. The number of rotatable bonds is 2. The lowest BCUT2D eigenvalue weighted by molar-refractivity contribution is 0.569. The second-order valence-corrected chi connectivity index (χ2v) is 9.90. The van der Waals surface area contributed by atoms with Crippen LogP contribution in [0, 0.1) is 27.7 Å². The lowest BCUT2D eigenvalue weighted by Crippen LogP contribution is -2.22. The average molecular weight is 352 g/mol. The first-order chi connectivity index (χ1) is 11.7. The van der Waals surface area contributed by atoms with Crippen molar-refractivity contribution in [2.45, 2.75) is 80.1 Å². The van der Waals surface area contributed by atoms with Gasteiger partial charge in [-0.3, -0.25) is 0 Å². The van der Waals surface area contributed by atoms with E-state index in [0.717, 1.165) is 0 Å². The van der Waals surface area contributed by atoms with E-state index in [1.165, 1.54) is 44.8 Å². The minimum Gasteiger partial charge on any atom is -0.344 e. The summed E-state index contributed by atoms with van der Waals surface area (Å²) in [6.07, 6.45) is 0. The Kier molecular flexibility index (Phi) is 5.34. The van der Waals surface area contributed by atoms with Crippen LogP contribution in [0.4, 0.5) is 11.4 Å². The van der Waals surface area contributed by atoms with Crippen molar-refractivity contribution in [3.63, 3.8) is 0 Å². The molecule has 0 aliphatic rings. The normalized spacial score (nSPS) is 12.4. The van der Waals surface area contributed by atoms with Gasteiger partial charge in [0.15, 0.2) is 0 Å². The van der Waals surface area contributed by atoms with Crippen LogP contribution in [0.1, 0.15) is 74.9 Å². The van der Waals surface area contributed by atoms with Crippen molar-refractivity contribution in [2.75, 3.05) is 11.9 Å². The predicted octanol–water partition coefficient (Wildman–Crippen LogP) is 7.28. The van der Waals surface area contributed by atoms with Gasteiger partial charge in [-0.05, 0) is 78.0 Å². The van der Waals surface area contributed by atoms with E-state index in [0.29, 0.717) is 0 Å². The zero-order valence-corrected chi connectivity index (χ0v) is 18.8. The van der Waals surface area contributed by atoms with Gasteiger partial charge in [0.2, 0.25) is 0 Å². The van der Waals surface area contributed by atoms with Crippen LogP contribution >= 0.6 is 0 Å². The molecule has 0 unspecified atom stereocenters. The van der Waals surface area contributed by atoms with Crippen LogP contribution in [0.3, 0.4) is 0 Å². The fourth-order valence-electron chi connectivity index (χ4n) is 3.80. The molecule has 0 bridgehead atoms. The number of hydrogen-bond acceptors (Lipinski definition) is 1. The lowest BCUT2D eigenvalue weighted by atomic mass is 9.79. The van der Waals surface area contributed by atoms with Crippen molar-refractivity contribution >= 4 is 11.4 Å². The van der Waals surface area contributed by atoms with Crippen molar-refractivity contribution in [3.8, 4) is 0 Å². The van der Waals surface area contributed by atoms with Crippen LogP contribution in [0.15, 0.2) is 24.3 Å². The van der Waals surface area contributed by atoms with Crippen LogP contribution in [0.25, 0.3) is 0 Å². The Bertz CT molecular complexity index is 814. The maximum Gasteiger partial charge on any atom is 0.0470 e. The highest BCUT2D eigenvalue weighted by Gasteiger charge is 2.25. The average Bonchev–Trinajstić information content (AvgIpc) is 2.50. The standard InChI is InChI=1S/C25H37N/c1-16-14-17(2)23(19(4)18(16)3)26(11)22-13-12-20(24(5,6)7)15-21(22)25(8,9)10/h12-15H,1-11H3. The summed E-state index contributed by atoms with van der Waals surface area (Å²) < 4.78 is 0. The summed E-state index contributed by atoms with van der Waals surface area (Å²) in [6, 6.07) is 9.34. The summed E-state index contributed by atoms with van der Waals surface area (Å²) in [4.78, 5) is 2.39. The van der Waals surface area contributed by atoms with Gasteiger partial charge >= 0.3 is 0 Å². The van der Waals surface area contributed by atoms with E-state index in [9.17, 15) is 0 Å². The molecular formula is C25H37N. The van der Waals surface area contributed by atoms with E-state index < -0.39 is 0 Å². The summed E-state index contributed by atoms with van der Waals surface area (Å²) in [7, 11) is 2.21. The Morgan fingerprint density at radius 2 is 1.27 bits per heavy atom. The SMILES string of the molecule is Cc1cc(C)c(N(C)c2ccc(C(C)(C)C)cc2C(C)(C)C)c(C)c1C. The molecule has 0 spiro atoms. The van der Waals surface area contributed by atoms with E-state index in [2.05, 4.69) is 105 Å². The molecule has 2 rings (SSSR count). The number of benzene rings is 2. The summed E-state index contributed by atoms with van der Waals surface area (Å²) >= 11 is 0. The number of aryl methyl sites for hydroxylation is 2. The van der Waals surface area contributed by atoms with Gasteiger partial charge in [-0.1, -0.05) is 59.7 Å². The molecule has 26 heavy (non-hydrogen) atoms. The molecule has 0 radical (unpaired) electrons. The molecule has 0 N–H and O–H groups in total. The number of anilines is 2. The van der Waals surface area contributed by atoms with E-state index in [4.69, 9.17) is 0 Å². The molecule has 0 heterocycles. The highest BCUT2D eigenvalue weighted by molar-refractivity contribution is 5.74. The molecular weight excluding hydrogens is 314 g/mol. The van der Waals surface area contributed by atoms with Gasteiger partial charge in [-0.15, -0.1) is 0 Å². The summed E-state index contributed by atoms with van der Waals surface area (Å²) in [5, 5.41) is 0. The molecule has 1 heteroatoms. The molecule has 0 aromatic heterocycles. The quantitative estimate of drug-likeness (QED) is 0.549. The third kappa shape index (κ3) is 3.82. The van der Waals surface area contributed by atoms with Gasteiger partial charge < -0.3 is 4.90 Å². The van der Waals surface area contributed by atoms with Gasteiger partial charge in [0.1, 0.15) is 0 Å². The van der Waals surface area contributed by atoms with Crippen LogP contribution < -0.4 is 4.90 Å². The fourth-order valence-corrected chi connectivity index (χ4v) is 3.80. The highest BCUT2D eigenvalue weighted by Crippen LogP contribution is 2.40. The summed E-state index contributed by atoms with van der Waals surface area (Å²) in [5.41, 5.74) is 11.2. The number of hydrogen-bond donors (Lipinski definition) is 0. The lowest BCUT2D eigenvalue weighted by Gasteiger charge is -2.33. The first-order valence-corrected chi connectivity index (χ1v) is 9.71. The predicted molar refractivity (Wildman–Crippen MR) is 117 cm³/mol. The second kappa shape index (κ2) is 6.76. The molecule has 0 saturated heterocycles. The molecule has 1 nitrogen and oxygen atoms in total. The number of nitrogens with zero attached hydrogens (tertiary/aromatic N) is 1. The van der Waals surface area contributed by atoms with Crippen molar-refractivity contribution in [1.82, 2.24) is 0 Å². The van der Waals surface area contributed by atoms with E-state index in [1.54, 1.807) is 0 Å². The first kappa shape index (κ1) is 20.6. The summed E-state index contributed by atoms with van der Waals surface area (Å²) in [5.74, 6) is 0. The van der Waals surface area contributed by atoms with Gasteiger partial charge in [-0.2, -0.15) is 0 Å². The van der Waals surface area contributed by atoms with E-state index in [-0.39, 0.29) is 10.8 Å². The van der Waals surface area contributed by atoms with Crippen molar-refractivity contribution < 1.29 is 0 Å². The maximum absolute atomic E-state index is 2.41. The first-order valence-electron chi connectivity index (χ1n) is 9.71. The smallest absolute Gasteiger partial charge is 0.0470 e. The third-order valence-electron chi connectivity index (χ3n) is 5.68. The van der Waals surface area contributed by atoms with Crippen LogP contribution in [-0.4, -0.2) is 7.05 Å². The zero-order chi connectivity index (χ0) is 20.0. The Labute approximate surface area is 161 Å². The van der Waals surface area contributed by atoms with E-state index in [1.807, 2.05) is 0 Å². The molecule has 2 aromatic carbocycles. The maximum atomic E-state index is 2.41. The Hall–Kier alpha value is -1.76. The highest BCUT2D eigenvalue weighted by atomic mass is 15.1. The molecule has 0 saturated carbocycles. The third-order valence-corrected chi connectivity index (χ3v) is 5.68. The largest absolute Gasteiger partial charge is 0.344 e. The zero-order valence-electron chi connectivity index (χ0n) is 18.8.